The summed E-state index contributed by atoms with van der Waals surface area (Å²) in [7, 11) is 0. The molecule has 0 aliphatic carbocycles. The SMILES string of the molecule is CC(C)(C)OC(=O)NC1CCN(c2cnc(Oc3ccc(Oc4cccc(F)c4)cc3)c(C(=O)O)c2)C1. The maximum Gasteiger partial charge on any atom is 0.407 e. The molecule has 10 heteroatoms. The third-order valence-corrected chi connectivity index (χ3v) is 5.41. The number of aromatic nitrogens is 1. The third-order valence-electron chi connectivity index (χ3n) is 5.41. The van der Waals surface area contributed by atoms with Crippen molar-refractivity contribution in [3.63, 3.8) is 0 Å². The van der Waals surface area contributed by atoms with E-state index in [1.807, 2.05) is 4.90 Å². The molecule has 1 fully saturated rings. The first kappa shape index (κ1) is 25.7. The van der Waals surface area contributed by atoms with Gasteiger partial charge < -0.3 is 29.5 Å². The number of carbonyl (C=O) groups excluding carboxylic acids is 1. The Morgan fingerprint density at radius 3 is 2.41 bits per heavy atom. The minimum atomic E-state index is -1.18. The Hall–Kier alpha value is -4.34. The van der Waals surface area contributed by atoms with E-state index in [0.717, 1.165) is 0 Å². The standard InChI is InChI=1S/C27H28FN3O6/c1-27(2,3)37-26(34)30-18-11-12-31(16-18)19-14-23(25(32)33)24(29-15-19)36-21-9-7-20(8-10-21)35-22-6-4-5-17(28)13-22/h4-10,13-15,18H,11-12,16H2,1-3H3,(H,30,34)(H,32,33). The average molecular weight is 510 g/mol. The molecule has 1 saturated heterocycles. The Morgan fingerprint density at radius 1 is 1.05 bits per heavy atom. The van der Waals surface area contributed by atoms with Crippen LogP contribution in [0.4, 0.5) is 14.9 Å². The number of hydrogen-bond donors (Lipinski definition) is 2. The van der Waals surface area contributed by atoms with Gasteiger partial charge in [0.15, 0.2) is 0 Å². The van der Waals surface area contributed by atoms with E-state index in [2.05, 4.69) is 10.3 Å². The van der Waals surface area contributed by atoms with Crippen molar-refractivity contribution in [2.75, 3.05) is 18.0 Å². The molecule has 9 nitrogen and oxygen atoms in total. The second-order valence-electron chi connectivity index (χ2n) is 9.56. The minimum Gasteiger partial charge on any atom is -0.477 e. The zero-order valence-electron chi connectivity index (χ0n) is 20.7. The number of nitrogens with one attached hydrogen (secondary N) is 1. The average Bonchev–Trinajstić information content (AvgIpc) is 3.27. The van der Waals surface area contributed by atoms with Crippen LogP contribution in [0.15, 0.2) is 60.8 Å². The number of rotatable bonds is 7. The molecule has 1 aliphatic heterocycles. The van der Waals surface area contributed by atoms with Gasteiger partial charge in [0, 0.05) is 19.2 Å². The zero-order valence-corrected chi connectivity index (χ0v) is 20.7. The van der Waals surface area contributed by atoms with Crippen molar-refractivity contribution < 1.29 is 33.3 Å². The number of halogens is 1. The van der Waals surface area contributed by atoms with Gasteiger partial charge in [0.1, 0.15) is 34.2 Å². The summed E-state index contributed by atoms with van der Waals surface area (Å²) in [5, 5.41) is 12.6. The highest BCUT2D eigenvalue weighted by Gasteiger charge is 2.27. The molecule has 0 bridgehead atoms. The van der Waals surface area contributed by atoms with E-state index < -0.39 is 23.5 Å². The lowest BCUT2D eigenvalue weighted by Crippen LogP contribution is -2.40. The molecule has 2 aromatic carbocycles. The first-order chi connectivity index (χ1) is 17.6. The summed E-state index contributed by atoms with van der Waals surface area (Å²) in [6.07, 6.45) is 1.74. The van der Waals surface area contributed by atoms with Crippen LogP contribution in [-0.4, -0.2) is 46.9 Å². The molecule has 1 amide bonds. The van der Waals surface area contributed by atoms with Crippen LogP contribution in [0.2, 0.25) is 0 Å². The molecule has 1 atom stereocenters. The molecule has 3 aromatic rings. The third kappa shape index (κ3) is 7.09. The van der Waals surface area contributed by atoms with Crippen LogP contribution in [0.5, 0.6) is 23.1 Å². The fourth-order valence-corrected chi connectivity index (χ4v) is 3.79. The fourth-order valence-electron chi connectivity index (χ4n) is 3.79. The Labute approximate surface area is 213 Å². The maximum absolute atomic E-state index is 13.3. The smallest absolute Gasteiger partial charge is 0.407 e. The number of alkyl carbamates (subject to hydrolysis) is 1. The molecule has 2 N–H and O–H groups in total. The lowest BCUT2D eigenvalue weighted by atomic mass is 10.2. The molecule has 4 rings (SSSR count). The van der Waals surface area contributed by atoms with Crippen LogP contribution >= 0.6 is 0 Å². The van der Waals surface area contributed by atoms with Crippen LogP contribution in [0.3, 0.4) is 0 Å². The van der Waals surface area contributed by atoms with E-state index in [4.69, 9.17) is 14.2 Å². The number of ether oxygens (including phenoxy) is 3. The highest BCUT2D eigenvalue weighted by molar-refractivity contribution is 5.91. The number of aromatic carboxylic acids is 1. The monoisotopic (exact) mass is 509 g/mol. The summed E-state index contributed by atoms with van der Waals surface area (Å²) in [5.41, 5.74) is -0.0779. The lowest BCUT2D eigenvalue weighted by molar-refractivity contribution is 0.0508. The lowest BCUT2D eigenvalue weighted by Gasteiger charge is -2.22. The van der Waals surface area contributed by atoms with Crippen LogP contribution in [0.25, 0.3) is 0 Å². The van der Waals surface area contributed by atoms with Gasteiger partial charge in [-0.15, -0.1) is 0 Å². The molecule has 0 saturated carbocycles. The van der Waals surface area contributed by atoms with E-state index in [1.165, 1.54) is 18.2 Å². The molecule has 0 radical (unpaired) electrons. The van der Waals surface area contributed by atoms with Gasteiger partial charge in [0.2, 0.25) is 5.88 Å². The summed E-state index contributed by atoms with van der Waals surface area (Å²) < 4.78 is 30.0. The van der Waals surface area contributed by atoms with Crippen molar-refractivity contribution in [2.45, 2.75) is 38.8 Å². The number of hydrogen-bond acceptors (Lipinski definition) is 7. The van der Waals surface area contributed by atoms with Gasteiger partial charge in [0.05, 0.1) is 17.9 Å². The Morgan fingerprint density at radius 2 is 1.76 bits per heavy atom. The molecule has 1 unspecified atom stereocenters. The molecular weight excluding hydrogens is 481 g/mol. The predicted octanol–water partition coefficient (Wildman–Crippen LogP) is 5.61. The molecule has 0 spiro atoms. The van der Waals surface area contributed by atoms with E-state index in [-0.39, 0.29) is 17.5 Å². The van der Waals surface area contributed by atoms with Gasteiger partial charge in [-0.05, 0) is 69.7 Å². The molecule has 1 aliphatic rings. The van der Waals surface area contributed by atoms with Crippen molar-refractivity contribution >= 4 is 17.7 Å². The summed E-state index contributed by atoms with van der Waals surface area (Å²) in [6.45, 7) is 6.50. The van der Waals surface area contributed by atoms with Crippen molar-refractivity contribution in [1.82, 2.24) is 10.3 Å². The molecule has 37 heavy (non-hydrogen) atoms. The molecular formula is C27H28FN3O6. The van der Waals surface area contributed by atoms with Crippen molar-refractivity contribution in [3.8, 4) is 23.1 Å². The van der Waals surface area contributed by atoms with Crippen LogP contribution in [0, 0.1) is 5.82 Å². The van der Waals surface area contributed by atoms with Crippen LogP contribution in [0.1, 0.15) is 37.6 Å². The number of carboxylic acids is 1. The van der Waals surface area contributed by atoms with Gasteiger partial charge in [0.25, 0.3) is 0 Å². The first-order valence-electron chi connectivity index (χ1n) is 11.7. The second-order valence-corrected chi connectivity index (χ2v) is 9.56. The number of pyridine rings is 1. The summed E-state index contributed by atoms with van der Waals surface area (Å²) in [6, 6.07) is 13.6. The van der Waals surface area contributed by atoms with E-state index >= 15 is 0 Å². The Bertz CT molecular complexity index is 1280. The fraction of sp³-hybridized carbons (Fsp3) is 0.296. The maximum atomic E-state index is 13.3. The summed E-state index contributed by atoms with van der Waals surface area (Å²) >= 11 is 0. The van der Waals surface area contributed by atoms with Crippen molar-refractivity contribution in [3.05, 3.63) is 72.2 Å². The number of carbonyl (C=O) groups is 2. The number of nitrogens with zero attached hydrogens (tertiary/aromatic N) is 2. The number of carboxylic acid groups (broad SMARTS) is 1. The van der Waals surface area contributed by atoms with E-state index in [9.17, 15) is 19.1 Å². The van der Waals surface area contributed by atoms with Gasteiger partial charge in [-0.25, -0.2) is 19.0 Å². The number of anilines is 1. The molecule has 1 aromatic heterocycles. The number of amides is 1. The van der Waals surface area contributed by atoms with Gasteiger partial charge in [-0.1, -0.05) is 6.07 Å². The van der Waals surface area contributed by atoms with Crippen molar-refractivity contribution in [1.29, 1.82) is 0 Å². The molecule has 194 valence electrons. The first-order valence-corrected chi connectivity index (χ1v) is 11.7. The van der Waals surface area contributed by atoms with Crippen LogP contribution < -0.4 is 19.7 Å². The molecule has 2 heterocycles. The van der Waals surface area contributed by atoms with E-state index in [0.29, 0.717) is 42.4 Å². The number of benzene rings is 2. The summed E-state index contributed by atoms with van der Waals surface area (Å²) in [4.78, 5) is 30.2. The Balaban J connectivity index is 1.41. The van der Waals surface area contributed by atoms with Crippen LogP contribution in [-0.2, 0) is 4.74 Å². The second kappa shape index (κ2) is 10.7. The highest BCUT2D eigenvalue weighted by atomic mass is 19.1. The van der Waals surface area contributed by atoms with E-state index in [1.54, 1.807) is 63.4 Å². The quantitative estimate of drug-likeness (QED) is 0.423. The topological polar surface area (TPSA) is 110 Å². The van der Waals surface area contributed by atoms with Gasteiger partial charge >= 0.3 is 12.1 Å². The highest BCUT2D eigenvalue weighted by Crippen LogP contribution is 2.30. The van der Waals surface area contributed by atoms with Gasteiger partial charge in [-0.3, -0.25) is 0 Å². The Kier molecular flexibility index (Phi) is 7.47. The van der Waals surface area contributed by atoms with Gasteiger partial charge in [-0.2, -0.15) is 0 Å². The largest absolute Gasteiger partial charge is 0.477 e. The minimum absolute atomic E-state index is 0.0577. The van der Waals surface area contributed by atoms with Crippen molar-refractivity contribution in [2.24, 2.45) is 0 Å². The normalized spacial score (nSPS) is 15.2. The predicted molar refractivity (Wildman–Crippen MR) is 134 cm³/mol. The zero-order chi connectivity index (χ0) is 26.6. The summed E-state index contributed by atoms with van der Waals surface area (Å²) in [5.74, 6) is -0.474.